The smallest absolute Gasteiger partial charge is 0.307 e. The molecule has 0 bridgehead atoms. The van der Waals surface area contributed by atoms with Crippen LogP contribution in [0.3, 0.4) is 0 Å². The summed E-state index contributed by atoms with van der Waals surface area (Å²) in [5, 5.41) is 9.53. The Hall–Kier alpha value is -1.92. The van der Waals surface area contributed by atoms with Gasteiger partial charge in [-0.25, -0.2) is 0 Å². The summed E-state index contributed by atoms with van der Waals surface area (Å²) < 4.78 is 0. The van der Waals surface area contributed by atoms with Crippen LogP contribution in [-0.4, -0.2) is 84.5 Å². The van der Waals surface area contributed by atoms with Crippen LogP contribution in [0.25, 0.3) is 0 Å². The first-order chi connectivity index (χ1) is 12.5. The Bertz CT molecular complexity index is 614. The van der Waals surface area contributed by atoms with Gasteiger partial charge in [-0.1, -0.05) is 30.3 Å². The number of carbonyl (C=O) groups is 2. The average Bonchev–Trinajstić information content (AvgIpc) is 2.67. The molecule has 6 nitrogen and oxygen atoms in total. The molecular weight excluding hydrogens is 330 g/mol. The molecule has 2 atom stereocenters. The molecule has 1 N–H and O–H groups in total. The molecule has 1 amide bonds. The fourth-order valence-corrected chi connectivity index (χ4v) is 3.95. The summed E-state index contributed by atoms with van der Waals surface area (Å²) in [5.41, 5.74) is 1.24. The maximum Gasteiger partial charge on any atom is 0.307 e. The Balaban J connectivity index is 1.61. The Morgan fingerprint density at radius 3 is 2.35 bits per heavy atom. The molecule has 0 unspecified atom stereocenters. The molecular formula is C20H29N3O3. The molecule has 0 aromatic heterocycles. The highest BCUT2D eigenvalue weighted by atomic mass is 16.4. The second-order valence-electron chi connectivity index (χ2n) is 7.59. The van der Waals surface area contributed by atoms with E-state index in [0.29, 0.717) is 19.5 Å². The number of amides is 1. The lowest BCUT2D eigenvalue weighted by atomic mass is 9.87. The minimum atomic E-state index is -0.786. The third-order valence-electron chi connectivity index (χ3n) is 5.60. The maximum absolute atomic E-state index is 12.9. The maximum atomic E-state index is 12.9. The van der Waals surface area contributed by atoms with E-state index in [9.17, 15) is 14.7 Å². The molecule has 1 aromatic rings. The summed E-state index contributed by atoms with van der Waals surface area (Å²) in [5.74, 6) is -1.32. The first-order valence-corrected chi connectivity index (χ1v) is 9.49. The Kier molecular flexibility index (Phi) is 6.27. The van der Waals surface area contributed by atoms with Gasteiger partial charge in [0, 0.05) is 45.8 Å². The number of piperazine rings is 1. The van der Waals surface area contributed by atoms with Gasteiger partial charge in [-0.3, -0.25) is 9.59 Å². The SMILES string of the molecule is CN1CCN(C(=O)[C@H]2C[C@H](C(=O)O)CN(CCc3ccccc3)C2)CC1. The number of rotatable bonds is 5. The van der Waals surface area contributed by atoms with E-state index in [1.165, 1.54) is 5.56 Å². The molecule has 0 aliphatic carbocycles. The quantitative estimate of drug-likeness (QED) is 0.851. The fourth-order valence-electron chi connectivity index (χ4n) is 3.95. The molecule has 2 aliphatic rings. The molecule has 2 aliphatic heterocycles. The number of hydrogen-bond acceptors (Lipinski definition) is 4. The van der Waals surface area contributed by atoms with Crippen molar-refractivity contribution in [2.75, 3.05) is 52.9 Å². The van der Waals surface area contributed by atoms with Crippen LogP contribution >= 0.6 is 0 Å². The van der Waals surface area contributed by atoms with Crippen LogP contribution < -0.4 is 0 Å². The number of aliphatic carboxylic acids is 1. The average molecular weight is 359 g/mol. The molecule has 6 heteroatoms. The van der Waals surface area contributed by atoms with Crippen LogP contribution in [0.1, 0.15) is 12.0 Å². The van der Waals surface area contributed by atoms with Crippen molar-refractivity contribution in [2.45, 2.75) is 12.8 Å². The number of nitrogens with zero attached hydrogens (tertiary/aromatic N) is 3. The minimum Gasteiger partial charge on any atom is -0.481 e. The molecule has 0 spiro atoms. The zero-order chi connectivity index (χ0) is 18.5. The third kappa shape index (κ3) is 4.83. The van der Waals surface area contributed by atoms with Gasteiger partial charge in [-0.05, 0) is 25.5 Å². The minimum absolute atomic E-state index is 0.133. The highest BCUT2D eigenvalue weighted by Gasteiger charge is 2.37. The first kappa shape index (κ1) is 18.9. The van der Waals surface area contributed by atoms with E-state index in [4.69, 9.17) is 0 Å². The van der Waals surface area contributed by atoms with Crippen LogP contribution in [0.5, 0.6) is 0 Å². The third-order valence-corrected chi connectivity index (χ3v) is 5.60. The van der Waals surface area contributed by atoms with E-state index in [-0.39, 0.29) is 11.8 Å². The standard InChI is InChI=1S/C20H29N3O3/c1-21-9-11-23(12-10-21)19(24)17-13-18(20(25)26)15-22(14-17)8-7-16-5-3-2-4-6-16/h2-6,17-18H,7-15H2,1H3,(H,25,26)/t17-,18-/m0/s1. The van der Waals surface area contributed by atoms with Gasteiger partial charge in [0.2, 0.25) is 5.91 Å². The van der Waals surface area contributed by atoms with E-state index in [1.54, 1.807) is 0 Å². The first-order valence-electron chi connectivity index (χ1n) is 9.49. The molecule has 3 rings (SSSR count). The molecule has 0 saturated carbocycles. The zero-order valence-corrected chi connectivity index (χ0v) is 15.5. The van der Waals surface area contributed by atoms with Gasteiger partial charge in [-0.2, -0.15) is 0 Å². The fraction of sp³-hybridized carbons (Fsp3) is 0.600. The van der Waals surface area contributed by atoms with Crippen LogP contribution in [0.15, 0.2) is 30.3 Å². The molecule has 26 heavy (non-hydrogen) atoms. The monoisotopic (exact) mass is 359 g/mol. The van der Waals surface area contributed by atoms with Gasteiger partial charge >= 0.3 is 5.97 Å². The Morgan fingerprint density at radius 2 is 1.69 bits per heavy atom. The topological polar surface area (TPSA) is 64.1 Å². The summed E-state index contributed by atoms with van der Waals surface area (Å²) >= 11 is 0. The number of likely N-dealkylation sites (N-methyl/N-ethyl adjacent to an activating group) is 1. The molecule has 0 radical (unpaired) electrons. The molecule has 2 heterocycles. The predicted octanol–water partition coefficient (Wildman–Crippen LogP) is 1.03. The number of carboxylic acid groups (broad SMARTS) is 1. The van der Waals surface area contributed by atoms with E-state index in [2.05, 4.69) is 29.0 Å². The normalized spacial score (nSPS) is 25.2. The lowest BCUT2D eigenvalue weighted by molar-refractivity contribution is -0.147. The molecule has 2 saturated heterocycles. The lowest BCUT2D eigenvalue weighted by Crippen LogP contribution is -2.53. The summed E-state index contributed by atoms with van der Waals surface area (Å²) in [6.45, 7) is 5.26. The Labute approximate surface area is 155 Å². The van der Waals surface area contributed by atoms with E-state index >= 15 is 0 Å². The van der Waals surface area contributed by atoms with Crippen LogP contribution in [0.2, 0.25) is 0 Å². The van der Waals surface area contributed by atoms with E-state index in [1.807, 2.05) is 23.1 Å². The van der Waals surface area contributed by atoms with Gasteiger partial charge in [-0.15, -0.1) is 0 Å². The van der Waals surface area contributed by atoms with Gasteiger partial charge < -0.3 is 19.8 Å². The lowest BCUT2D eigenvalue weighted by Gasteiger charge is -2.39. The van der Waals surface area contributed by atoms with Crippen LogP contribution in [0, 0.1) is 11.8 Å². The summed E-state index contributed by atoms with van der Waals surface area (Å²) in [7, 11) is 2.06. The number of carbonyl (C=O) groups excluding carboxylic acids is 1. The van der Waals surface area contributed by atoms with Crippen LogP contribution in [-0.2, 0) is 16.0 Å². The van der Waals surface area contributed by atoms with Gasteiger partial charge in [0.1, 0.15) is 0 Å². The number of benzene rings is 1. The highest BCUT2D eigenvalue weighted by Crippen LogP contribution is 2.25. The number of hydrogen-bond donors (Lipinski definition) is 1. The van der Waals surface area contributed by atoms with Crippen molar-refractivity contribution in [3.05, 3.63) is 35.9 Å². The molecule has 1 aromatic carbocycles. The van der Waals surface area contributed by atoms with Crippen molar-refractivity contribution in [1.82, 2.24) is 14.7 Å². The molecule has 142 valence electrons. The van der Waals surface area contributed by atoms with Gasteiger partial charge in [0.15, 0.2) is 0 Å². The van der Waals surface area contributed by atoms with E-state index < -0.39 is 11.9 Å². The largest absolute Gasteiger partial charge is 0.481 e. The van der Waals surface area contributed by atoms with Crippen molar-refractivity contribution in [1.29, 1.82) is 0 Å². The number of piperidine rings is 1. The van der Waals surface area contributed by atoms with E-state index in [0.717, 1.165) is 39.1 Å². The van der Waals surface area contributed by atoms with Crippen molar-refractivity contribution in [3.63, 3.8) is 0 Å². The van der Waals surface area contributed by atoms with Gasteiger partial charge in [0.25, 0.3) is 0 Å². The number of likely N-dealkylation sites (tertiary alicyclic amines) is 1. The van der Waals surface area contributed by atoms with Crippen LogP contribution in [0.4, 0.5) is 0 Å². The number of carboxylic acids is 1. The predicted molar refractivity (Wildman–Crippen MR) is 99.9 cm³/mol. The van der Waals surface area contributed by atoms with Crippen molar-refractivity contribution < 1.29 is 14.7 Å². The second kappa shape index (κ2) is 8.64. The van der Waals surface area contributed by atoms with Gasteiger partial charge in [0.05, 0.1) is 11.8 Å². The zero-order valence-electron chi connectivity index (χ0n) is 15.5. The summed E-state index contributed by atoms with van der Waals surface area (Å²) in [4.78, 5) is 30.8. The highest BCUT2D eigenvalue weighted by molar-refractivity contribution is 5.80. The summed E-state index contributed by atoms with van der Waals surface area (Å²) in [6.07, 6.45) is 1.34. The Morgan fingerprint density at radius 1 is 1.04 bits per heavy atom. The summed E-state index contributed by atoms with van der Waals surface area (Å²) in [6, 6.07) is 10.2. The van der Waals surface area contributed by atoms with Crippen molar-refractivity contribution in [2.24, 2.45) is 11.8 Å². The molecule has 2 fully saturated rings. The second-order valence-corrected chi connectivity index (χ2v) is 7.59. The van der Waals surface area contributed by atoms with Crippen molar-refractivity contribution >= 4 is 11.9 Å². The van der Waals surface area contributed by atoms with Crippen molar-refractivity contribution in [3.8, 4) is 0 Å².